The second-order valence-electron chi connectivity index (χ2n) is 9.19. The Balaban J connectivity index is 1.76. The normalized spacial score (nSPS) is 23.5. The van der Waals surface area contributed by atoms with Gasteiger partial charge in [0.1, 0.15) is 17.5 Å². The monoisotopic (exact) mass is 486 g/mol. The van der Waals surface area contributed by atoms with Gasteiger partial charge in [-0.25, -0.2) is 0 Å². The molecule has 36 heavy (non-hydrogen) atoms. The topological polar surface area (TPSA) is 105 Å². The number of amides is 2. The minimum Gasteiger partial charge on any atom is -0.494 e. The Bertz CT molecular complexity index is 1210. The van der Waals surface area contributed by atoms with Gasteiger partial charge in [-0.2, -0.15) is 0 Å². The van der Waals surface area contributed by atoms with E-state index in [-0.39, 0.29) is 6.42 Å². The predicted octanol–water partition coefficient (Wildman–Crippen LogP) is 4.40. The van der Waals surface area contributed by atoms with E-state index in [9.17, 15) is 19.5 Å². The Kier molecular flexibility index (Phi) is 7.50. The zero-order valence-electron chi connectivity index (χ0n) is 20.3. The van der Waals surface area contributed by atoms with Crippen molar-refractivity contribution >= 4 is 29.0 Å². The average molecular weight is 487 g/mol. The highest BCUT2D eigenvalue weighted by atomic mass is 16.5. The van der Waals surface area contributed by atoms with Crippen molar-refractivity contribution < 1.29 is 24.2 Å². The van der Waals surface area contributed by atoms with Crippen LogP contribution in [0.1, 0.15) is 31.7 Å². The van der Waals surface area contributed by atoms with Crippen molar-refractivity contribution in [3.05, 3.63) is 90.5 Å². The number of rotatable bonds is 7. The van der Waals surface area contributed by atoms with Crippen LogP contribution in [0, 0.1) is 11.8 Å². The summed E-state index contributed by atoms with van der Waals surface area (Å²) in [6, 6.07) is 24.7. The number of carbonyl (C=O) groups excluding carboxylic acids is 3. The Morgan fingerprint density at radius 3 is 1.94 bits per heavy atom. The van der Waals surface area contributed by atoms with Crippen LogP contribution in [0.5, 0.6) is 5.75 Å². The predicted molar refractivity (Wildman–Crippen MR) is 138 cm³/mol. The summed E-state index contributed by atoms with van der Waals surface area (Å²) in [6.07, 6.45) is -0.319. The second kappa shape index (κ2) is 10.7. The molecule has 4 atom stereocenters. The number of nitrogens with one attached hydrogen (secondary N) is 2. The summed E-state index contributed by atoms with van der Waals surface area (Å²) in [5, 5.41) is 17.0. The Hall–Kier alpha value is -3.97. The molecule has 7 nitrogen and oxygen atoms in total. The van der Waals surface area contributed by atoms with Crippen LogP contribution in [-0.4, -0.2) is 34.9 Å². The fourth-order valence-electron chi connectivity index (χ4n) is 4.93. The molecular weight excluding hydrogens is 456 g/mol. The van der Waals surface area contributed by atoms with Crippen molar-refractivity contribution in [1.82, 2.24) is 0 Å². The van der Waals surface area contributed by atoms with Gasteiger partial charge < -0.3 is 20.5 Å². The number of aliphatic hydroxyl groups is 1. The van der Waals surface area contributed by atoms with Crippen LogP contribution in [0.15, 0.2) is 84.9 Å². The molecule has 1 fully saturated rings. The van der Waals surface area contributed by atoms with Crippen molar-refractivity contribution in [3.63, 3.8) is 0 Å². The molecule has 2 amide bonds. The SMILES string of the molecule is CCOc1ccc([C@@H]2[C@H](C(=O)Nc3ccccc3)C(=O)C[C@](C)(O)[C@H]2C(=O)Nc2ccccc2)cc1. The van der Waals surface area contributed by atoms with Gasteiger partial charge in [0.05, 0.1) is 18.1 Å². The number of hydrogen-bond acceptors (Lipinski definition) is 5. The first-order chi connectivity index (χ1) is 17.3. The highest BCUT2D eigenvalue weighted by Gasteiger charge is 2.55. The molecule has 0 unspecified atom stereocenters. The van der Waals surface area contributed by atoms with Gasteiger partial charge in [-0.05, 0) is 55.8 Å². The molecule has 4 rings (SSSR count). The molecule has 0 saturated heterocycles. The Morgan fingerprint density at radius 1 is 0.889 bits per heavy atom. The minimum absolute atomic E-state index is 0.319. The molecular formula is C29H30N2O5. The van der Waals surface area contributed by atoms with E-state index in [1.807, 2.05) is 19.1 Å². The molecule has 0 heterocycles. The first kappa shape index (κ1) is 25.1. The van der Waals surface area contributed by atoms with Gasteiger partial charge in [-0.1, -0.05) is 48.5 Å². The molecule has 3 N–H and O–H groups in total. The first-order valence-corrected chi connectivity index (χ1v) is 12.0. The number of benzene rings is 3. The summed E-state index contributed by atoms with van der Waals surface area (Å²) < 4.78 is 5.54. The maximum absolute atomic E-state index is 13.6. The summed E-state index contributed by atoms with van der Waals surface area (Å²) in [4.78, 5) is 40.5. The van der Waals surface area contributed by atoms with E-state index in [4.69, 9.17) is 4.74 Å². The lowest BCUT2D eigenvalue weighted by Crippen LogP contribution is -2.56. The molecule has 3 aromatic carbocycles. The Labute approximate surface area is 210 Å². The quantitative estimate of drug-likeness (QED) is 0.429. The molecule has 1 saturated carbocycles. The molecule has 7 heteroatoms. The number of Topliss-reactive ketones (excluding diaryl/α,β-unsaturated/α-hetero) is 1. The fraction of sp³-hybridized carbons (Fsp3) is 0.276. The zero-order valence-corrected chi connectivity index (χ0v) is 20.3. The van der Waals surface area contributed by atoms with Gasteiger partial charge in [0.2, 0.25) is 11.8 Å². The maximum Gasteiger partial charge on any atom is 0.235 e. The molecule has 0 spiro atoms. The van der Waals surface area contributed by atoms with Crippen LogP contribution >= 0.6 is 0 Å². The van der Waals surface area contributed by atoms with Crippen molar-refractivity contribution in [2.24, 2.45) is 11.8 Å². The summed E-state index contributed by atoms with van der Waals surface area (Å²) >= 11 is 0. The lowest BCUT2D eigenvalue weighted by molar-refractivity contribution is -0.150. The van der Waals surface area contributed by atoms with Gasteiger partial charge in [-0.15, -0.1) is 0 Å². The van der Waals surface area contributed by atoms with Crippen molar-refractivity contribution in [2.75, 3.05) is 17.2 Å². The van der Waals surface area contributed by atoms with E-state index in [1.165, 1.54) is 6.92 Å². The van der Waals surface area contributed by atoms with Crippen LogP contribution in [0.3, 0.4) is 0 Å². The van der Waals surface area contributed by atoms with Crippen molar-refractivity contribution in [2.45, 2.75) is 31.8 Å². The van der Waals surface area contributed by atoms with Gasteiger partial charge in [0, 0.05) is 23.7 Å². The third-order valence-electron chi connectivity index (χ3n) is 6.49. The highest BCUT2D eigenvalue weighted by molar-refractivity contribution is 6.10. The maximum atomic E-state index is 13.6. The smallest absolute Gasteiger partial charge is 0.235 e. The van der Waals surface area contributed by atoms with E-state index in [1.54, 1.807) is 72.8 Å². The number of ketones is 1. The molecule has 1 aliphatic carbocycles. The van der Waals surface area contributed by atoms with Crippen LogP contribution in [0.4, 0.5) is 11.4 Å². The fourth-order valence-corrected chi connectivity index (χ4v) is 4.93. The number of hydrogen-bond donors (Lipinski definition) is 3. The minimum atomic E-state index is -1.66. The first-order valence-electron chi connectivity index (χ1n) is 12.0. The van der Waals surface area contributed by atoms with E-state index < -0.39 is 41.0 Å². The molecule has 186 valence electrons. The summed E-state index contributed by atoms with van der Waals surface area (Å²) in [5.41, 5.74) is 0.0328. The van der Waals surface area contributed by atoms with Gasteiger partial charge in [-0.3, -0.25) is 14.4 Å². The summed E-state index contributed by atoms with van der Waals surface area (Å²) in [7, 11) is 0. The van der Waals surface area contributed by atoms with Crippen LogP contribution in [0.2, 0.25) is 0 Å². The zero-order chi connectivity index (χ0) is 25.7. The van der Waals surface area contributed by atoms with Crippen LogP contribution < -0.4 is 15.4 Å². The van der Waals surface area contributed by atoms with Crippen LogP contribution in [-0.2, 0) is 14.4 Å². The number of para-hydroxylation sites is 2. The second-order valence-corrected chi connectivity index (χ2v) is 9.19. The molecule has 3 aromatic rings. The summed E-state index contributed by atoms with van der Waals surface area (Å²) in [5.74, 6) is -3.91. The average Bonchev–Trinajstić information content (AvgIpc) is 2.85. The molecule has 0 bridgehead atoms. The van der Waals surface area contributed by atoms with Crippen molar-refractivity contribution in [1.29, 1.82) is 0 Å². The summed E-state index contributed by atoms with van der Waals surface area (Å²) in [6.45, 7) is 3.84. The molecule has 1 aliphatic rings. The molecule has 0 aromatic heterocycles. The standard InChI is InChI=1S/C29H30N2O5/c1-3-36-22-16-14-19(15-17-22)24-25(27(33)30-20-10-6-4-7-11-20)23(32)18-29(2,35)26(24)28(34)31-21-12-8-5-9-13-21/h4-17,24-26,35H,3,18H2,1-2H3,(H,30,33)(H,31,34)/t24-,25-,26-,29+/m1/s1. The number of carbonyl (C=O) groups is 3. The largest absolute Gasteiger partial charge is 0.494 e. The van der Waals surface area contributed by atoms with Crippen molar-refractivity contribution in [3.8, 4) is 5.75 Å². The lowest BCUT2D eigenvalue weighted by atomic mass is 9.61. The highest BCUT2D eigenvalue weighted by Crippen LogP contribution is 2.46. The third-order valence-corrected chi connectivity index (χ3v) is 6.49. The Morgan fingerprint density at radius 2 is 1.42 bits per heavy atom. The number of anilines is 2. The van der Waals surface area contributed by atoms with Crippen LogP contribution in [0.25, 0.3) is 0 Å². The lowest BCUT2D eigenvalue weighted by Gasteiger charge is -2.44. The van der Waals surface area contributed by atoms with Gasteiger partial charge in [0.15, 0.2) is 0 Å². The van der Waals surface area contributed by atoms with E-state index in [2.05, 4.69) is 10.6 Å². The molecule has 0 radical (unpaired) electrons. The van der Waals surface area contributed by atoms with Gasteiger partial charge >= 0.3 is 0 Å². The van der Waals surface area contributed by atoms with E-state index in [0.29, 0.717) is 29.3 Å². The third kappa shape index (κ3) is 5.47. The number of ether oxygens (including phenoxy) is 1. The van der Waals surface area contributed by atoms with Gasteiger partial charge in [0.25, 0.3) is 0 Å². The van der Waals surface area contributed by atoms with E-state index in [0.717, 1.165) is 0 Å². The molecule has 0 aliphatic heterocycles. The van der Waals surface area contributed by atoms with E-state index >= 15 is 0 Å².